The lowest BCUT2D eigenvalue weighted by Gasteiger charge is -2.36. The molecule has 4 rings (SSSR count). The number of amides is 2. The van der Waals surface area contributed by atoms with Crippen molar-refractivity contribution < 1.29 is 9.59 Å². The zero-order valence-electron chi connectivity index (χ0n) is 17.7. The van der Waals surface area contributed by atoms with Crippen LogP contribution in [-0.4, -0.2) is 90.4 Å². The molecule has 0 saturated carbocycles. The standard InChI is InChI=1S/C21H33N5O2S/c1-3-19(27)24-11-13-26(14-12-24)21-22-17-6-5-16(15-18(17)29-21)20(28)25-9-7-23(4-2)8-10-25/h16H,3-15H2,1-2H3/t16-/m0/s1. The first-order valence-electron chi connectivity index (χ1n) is 11.1. The number of thiazole rings is 1. The lowest BCUT2D eigenvalue weighted by Crippen LogP contribution is -2.50. The highest BCUT2D eigenvalue weighted by molar-refractivity contribution is 7.15. The summed E-state index contributed by atoms with van der Waals surface area (Å²) in [7, 11) is 0. The van der Waals surface area contributed by atoms with E-state index in [0.717, 1.165) is 83.3 Å². The zero-order chi connectivity index (χ0) is 20.4. The molecule has 3 aliphatic rings. The topological polar surface area (TPSA) is 60.0 Å². The molecule has 0 spiro atoms. The van der Waals surface area contributed by atoms with Gasteiger partial charge in [-0.2, -0.15) is 0 Å². The van der Waals surface area contributed by atoms with Crippen LogP contribution >= 0.6 is 11.3 Å². The minimum atomic E-state index is 0.114. The van der Waals surface area contributed by atoms with Crippen molar-refractivity contribution in [1.29, 1.82) is 0 Å². The minimum absolute atomic E-state index is 0.114. The molecule has 0 aromatic carbocycles. The monoisotopic (exact) mass is 419 g/mol. The molecule has 160 valence electrons. The maximum atomic E-state index is 13.0. The number of aromatic nitrogens is 1. The minimum Gasteiger partial charge on any atom is -0.345 e. The van der Waals surface area contributed by atoms with Gasteiger partial charge >= 0.3 is 0 Å². The number of hydrogen-bond donors (Lipinski definition) is 0. The van der Waals surface area contributed by atoms with Crippen LogP contribution in [0.15, 0.2) is 0 Å². The van der Waals surface area contributed by atoms with E-state index in [1.807, 2.05) is 11.8 Å². The molecule has 0 radical (unpaired) electrons. The number of hydrogen-bond acceptors (Lipinski definition) is 6. The van der Waals surface area contributed by atoms with Gasteiger partial charge in [-0.25, -0.2) is 4.98 Å². The van der Waals surface area contributed by atoms with E-state index in [2.05, 4.69) is 21.6 Å². The van der Waals surface area contributed by atoms with Crippen LogP contribution in [0.5, 0.6) is 0 Å². The van der Waals surface area contributed by atoms with Crippen molar-refractivity contribution in [2.75, 3.05) is 63.8 Å². The molecule has 8 heteroatoms. The fourth-order valence-electron chi connectivity index (χ4n) is 4.62. The lowest BCUT2D eigenvalue weighted by atomic mass is 9.90. The van der Waals surface area contributed by atoms with E-state index in [-0.39, 0.29) is 11.8 Å². The highest BCUT2D eigenvalue weighted by Gasteiger charge is 2.32. The molecular formula is C21H33N5O2S. The maximum absolute atomic E-state index is 13.0. The number of nitrogens with zero attached hydrogens (tertiary/aromatic N) is 5. The van der Waals surface area contributed by atoms with Crippen molar-refractivity contribution in [3.05, 3.63) is 10.6 Å². The first-order valence-corrected chi connectivity index (χ1v) is 11.9. The molecule has 0 bridgehead atoms. The summed E-state index contributed by atoms with van der Waals surface area (Å²) in [6, 6.07) is 0. The molecule has 1 aromatic rings. The van der Waals surface area contributed by atoms with E-state index in [1.54, 1.807) is 11.3 Å². The van der Waals surface area contributed by atoms with Crippen molar-refractivity contribution in [2.24, 2.45) is 5.92 Å². The van der Waals surface area contributed by atoms with Gasteiger partial charge in [0.2, 0.25) is 11.8 Å². The summed E-state index contributed by atoms with van der Waals surface area (Å²) in [4.78, 5) is 39.9. The predicted octanol–water partition coefficient (Wildman–Crippen LogP) is 1.47. The summed E-state index contributed by atoms with van der Waals surface area (Å²) in [5.41, 5.74) is 1.19. The summed E-state index contributed by atoms with van der Waals surface area (Å²) in [5, 5.41) is 1.07. The molecule has 0 unspecified atom stereocenters. The Labute approximate surface area is 177 Å². The van der Waals surface area contributed by atoms with Gasteiger partial charge < -0.3 is 19.6 Å². The van der Waals surface area contributed by atoms with Crippen LogP contribution in [0, 0.1) is 5.92 Å². The van der Waals surface area contributed by atoms with Crippen LogP contribution in [0.3, 0.4) is 0 Å². The van der Waals surface area contributed by atoms with Gasteiger partial charge in [0, 0.05) is 69.6 Å². The van der Waals surface area contributed by atoms with Crippen molar-refractivity contribution in [2.45, 2.75) is 39.5 Å². The highest BCUT2D eigenvalue weighted by atomic mass is 32.1. The molecule has 7 nitrogen and oxygen atoms in total. The lowest BCUT2D eigenvalue weighted by molar-refractivity contribution is -0.137. The third-order valence-electron chi connectivity index (χ3n) is 6.61. The number of carbonyl (C=O) groups is 2. The molecule has 2 saturated heterocycles. The predicted molar refractivity (Wildman–Crippen MR) is 115 cm³/mol. The Hall–Kier alpha value is -1.67. The Bertz CT molecular complexity index is 735. The third-order valence-corrected chi connectivity index (χ3v) is 7.79. The van der Waals surface area contributed by atoms with E-state index in [0.29, 0.717) is 12.3 Å². The summed E-state index contributed by atoms with van der Waals surface area (Å²) < 4.78 is 0. The molecular weight excluding hydrogens is 386 g/mol. The molecule has 29 heavy (non-hydrogen) atoms. The Morgan fingerprint density at radius 2 is 1.69 bits per heavy atom. The molecule has 2 amide bonds. The summed E-state index contributed by atoms with van der Waals surface area (Å²) >= 11 is 1.76. The molecule has 1 atom stereocenters. The Kier molecular flexibility index (Phi) is 6.39. The van der Waals surface area contributed by atoms with Gasteiger partial charge in [-0.05, 0) is 25.8 Å². The molecule has 2 aliphatic heterocycles. The number of aryl methyl sites for hydroxylation is 1. The smallest absolute Gasteiger partial charge is 0.226 e. The summed E-state index contributed by atoms with van der Waals surface area (Å²) in [6.07, 6.45) is 3.25. The van der Waals surface area contributed by atoms with Crippen LogP contribution in [0.1, 0.15) is 37.3 Å². The van der Waals surface area contributed by atoms with Crippen LogP contribution < -0.4 is 4.90 Å². The number of anilines is 1. The SMILES string of the molecule is CCC(=O)N1CCN(c2nc3c(s2)C[C@@H](C(=O)N2CCN(CC)CC2)CC3)CC1. The molecule has 1 aliphatic carbocycles. The Morgan fingerprint density at radius 3 is 2.34 bits per heavy atom. The molecule has 2 fully saturated rings. The summed E-state index contributed by atoms with van der Waals surface area (Å²) in [6.45, 7) is 12.2. The van der Waals surface area contributed by atoms with Gasteiger partial charge in [-0.1, -0.05) is 13.8 Å². The average molecular weight is 420 g/mol. The van der Waals surface area contributed by atoms with E-state index >= 15 is 0 Å². The van der Waals surface area contributed by atoms with Gasteiger partial charge in [0.05, 0.1) is 5.69 Å². The first kappa shape index (κ1) is 20.6. The zero-order valence-corrected chi connectivity index (χ0v) is 18.5. The Balaban J connectivity index is 1.34. The van der Waals surface area contributed by atoms with Crippen molar-refractivity contribution in [1.82, 2.24) is 19.7 Å². The van der Waals surface area contributed by atoms with E-state index in [9.17, 15) is 9.59 Å². The number of carbonyl (C=O) groups excluding carboxylic acids is 2. The first-order chi connectivity index (χ1) is 14.1. The summed E-state index contributed by atoms with van der Waals surface area (Å²) in [5.74, 6) is 0.695. The van der Waals surface area contributed by atoms with E-state index < -0.39 is 0 Å². The second kappa shape index (κ2) is 9.00. The van der Waals surface area contributed by atoms with Gasteiger partial charge in [0.1, 0.15) is 0 Å². The second-order valence-electron chi connectivity index (χ2n) is 8.29. The van der Waals surface area contributed by atoms with Crippen LogP contribution in [0.25, 0.3) is 0 Å². The number of piperazine rings is 2. The molecule has 1 aromatic heterocycles. The van der Waals surface area contributed by atoms with Crippen LogP contribution in [0.2, 0.25) is 0 Å². The largest absolute Gasteiger partial charge is 0.345 e. The van der Waals surface area contributed by atoms with E-state index in [4.69, 9.17) is 4.98 Å². The van der Waals surface area contributed by atoms with Crippen molar-refractivity contribution >= 4 is 28.3 Å². The normalized spacial score (nSPS) is 23.2. The second-order valence-corrected chi connectivity index (χ2v) is 9.35. The van der Waals surface area contributed by atoms with Crippen molar-refractivity contribution in [3.63, 3.8) is 0 Å². The quantitative estimate of drug-likeness (QED) is 0.740. The number of fused-ring (bicyclic) bond motifs is 1. The van der Waals surface area contributed by atoms with Gasteiger partial charge in [-0.3, -0.25) is 9.59 Å². The van der Waals surface area contributed by atoms with Crippen LogP contribution in [0.4, 0.5) is 5.13 Å². The van der Waals surface area contributed by atoms with Crippen molar-refractivity contribution in [3.8, 4) is 0 Å². The molecule has 0 N–H and O–H groups in total. The van der Waals surface area contributed by atoms with E-state index in [1.165, 1.54) is 10.6 Å². The average Bonchev–Trinajstić information content (AvgIpc) is 3.21. The number of rotatable bonds is 4. The Morgan fingerprint density at radius 1 is 1.00 bits per heavy atom. The van der Waals surface area contributed by atoms with Crippen LogP contribution in [-0.2, 0) is 22.4 Å². The fraction of sp³-hybridized carbons (Fsp3) is 0.762. The van der Waals surface area contributed by atoms with Gasteiger partial charge in [0.15, 0.2) is 5.13 Å². The van der Waals surface area contributed by atoms with Gasteiger partial charge in [0.25, 0.3) is 0 Å². The highest BCUT2D eigenvalue weighted by Crippen LogP contribution is 2.35. The maximum Gasteiger partial charge on any atom is 0.226 e. The third kappa shape index (κ3) is 4.43. The number of likely N-dealkylation sites (N-methyl/N-ethyl adjacent to an activating group) is 1. The molecule has 3 heterocycles. The van der Waals surface area contributed by atoms with Gasteiger partial charge in [-0.15, -0.1) is 11.3 Å². The fourth-order valence-corrected chi connectivity index (χ4v) is 5.86.